The van der Waals surface area contributed by atoms with Gasteiger partial charge in [0, 0.05) is 57.9 Å². The number of benzene rings is 11. The van der Waals surface area contributed by atoms with Crippen LogP contribution in [0.2, 0.25) is 0 Å². The normalized spacial score (nSPS) is 13.1. The molecule has 0 spiro atoms. The van der Waals surface area contributed by atoms with E-state index in [1.54, 1.807) is 0 Å². The van der Waals surface area contributed by atoms with Crippen LogP contribution in [0.1, 0.15) is 322 Å². The van der Waals surface area contributed by atoms with Crippen LogP contribution in [0.25, 0.3) is 121 Å². The van der Waals surface area contributed by atoms with E-state index in [-0.39, 0.29) is 11.6 Å². The van der Waals surface area contributed by atoms with Crippen molar-refractivity contribution >= 4 is 53.9 Å². The second-order valence-electron chi connectivity index (χ2n) is 42.4. The van der Waals surface area contributed by atoms with Crippen molar-refractivity contribution in [3.8, 4) is 67.4 Å². The number of nitrogens with zero attached hydrogens (tertiary/aromatic N) is 5. The van der Waals surface area contributed by atoms with E-state index in [0.29, 0.717) is 77.6 Å². The molecule has 694 valence electrons. The number of hydrogen-bond donors (Lipinski definition) is 0. The van der Waals surface area contributed by atoms with E-state index in [2.05, 4.69) is 422 Å². The molecule has 0 atom stereocenters. The highest BCUT2D eigenvalue weighted by Gasteiger charge is 2.31. The molecule has 5 aromatic heterocycles. The summed E-state index contributed by atoms with van der Waals surface area (Å²) in [6.45, 7) is 66.0. The van der Waals surface area contributed by atoms with Crippen molar-refractivity contribution in [2.24, 2.45) is 35.2 Å². The predicted octanol–water partition coefficient (Wildman–Crippen LogP) is 33.2. The highest BCUT2D eigenvalue weighted by molar-refractivity contribution is 5.99. The third-order valence-corrected chi connectivity index (χ3v) is 29.4. The van der Waals surface area contributed by atoms with E-state index < -0.39 is 0 Å². The second-order valence-corrected chi connectivity index (χ2v) is 42.4. The fourth-order valence-electron chi connectivity index (χ4n) is 19.7. The average Bonchev–Trinajstić information content (AvgIpc) is 0.815. The lowest BCUT2D eigenvalue weighted by molar-refractivity contribution is -0.665. The number of pyridine rings is 5. The minimum atomic E-state index is 0.0923. The fraction of sp³-hybridized carbons (Fsp3) is 0.372. The molecule has 17 rings (SSSR count). The van der Waals surface area contributed by atoms with Crippen LogP contribution < -0.4 is 22.8 Å². The number of aryl methyl sites for hydroxylation is 5. The Morgan fingerprint density at radius 1 is 0.299 bits per heavy atom. The van der Waals surface area contributed by atoms with Crippen LogP contribution in [-0.4, -0.2) is 0 Å². The summed E-state index contributed by atoms with van der Waals surface area (Å²) in [5.74, 6) is 3.83. The summed E-state index contributed by atoms with van der Waals surface area (Å²) < 4.78 is 62.5. The van der Waals surface area contributed by atoms with Gasteiger partial charge in [-0.05, 0) is 321 Å². The van der Waals surface area contributed by atoms with Crippen LogP contribution in [0.4, 0.5) is 0 Å². The molecule has 5 nitrogen and oxygen atoms in total. The Balaban J connectivity index is 0.000000147. The van der Waals surface area contributed by atoms with E-state index >= 15 is 0 Å². The molecule has 16 aromatic rings. The number of hydrogen-bond acceptors (Lipinski definition) is 0. The molecule has 5 heterocycles. The van der Waals surface area contributed by atoms with E-state index in [1.807, 2.05) is 31.5 Å². The molecule has 0 unspecified atom stereocenters. The Bertz CT molecular complexity index is 7470. The summed E-state index contributed by atoms with van der Waals surface area (Å²) in [5, 5.41) is 10.8. The monoisotopic (exact) mass is 1780 g/mol. The first-order valence-electron chi connectivity index (χ1n) is 52.6. The van der Waals surface area contributed by atoms with Crippen molar-refractivity contribution < 1.29 is 31.1 Å². The molecule has 1 aliphatic rings. The van der Waals surface area contributed by atoms with Gasteiger partial charge in [0.1, 0.15) is 36.6 Å². The van der Waals surface area contributed by atoms with E-state index in [1.165, 1.54) is 204 Å². The lowest BCUT2D eigenvalue weighted by Gasteiger charge is -2.22. The Morgan fingerprint density at radius 2 is 0.657 bits per heavy atom. The number of aromatic nitrogens is 5. The lowest BCUT2D eigenvalue weighted by Crippen LogP contribution is -2.35. The minimum absolute atomic E-state index is 0.0923. The zero-order valence-corrected chi connectivity index (χ0v) is 88.1. The van der Waals surface area contributed by atoms with Crippen molar-refractivity contribution in [3.63, 3.8) is 0 Å². The van der Waals surface area contributed by atoms with Crippen LogP contribution >= 0.6 is 0 Å². The summed E-state index contributed by atoms with van der Waals surface area (Å²) in [4.78, 5) is 0. The summed E-state index contributed by atoms with van der Waals surface area (Å²) in [7, 11) is 10.3. The van der Waals surface area contributed by atoms with Crippen LogP contribution in [0.15, 0.2) is 224 Å². The molecule has 134 heavy (non-hydrogen) atoms. The Labute approximate surface area is 816 Å². The van der Waals surface area contributed by atoms with Crippen LogP contribution in [-0.2, 0) is 40.7 Å². The summed E-state index contributed by atoms with van der Waals surface area (Å²) in [5.41, 5.74) is 42.6. The Hall–Kier alpha value is -11.5. The molecular weight excluding hydrogens is 1620 g/mol. The highest BCUT2D eigenvalue weighted by Crippen LogP contribution is 2.44. The van der Waals surface area contributed by atoms with Crippen LogP contribution in [0.5, 0.6) is 0 Å². The maximum Gasteiger partial charge on any atom is 0.220 e. The molecular formula is C129H158N5+5. The molecule has 11 aromatic carbocycles. The van der Waals surface area contributed by atoms with Gasteiger partial charge in [-0.15, -0.1) is 0 Å². The maximum absolute atomic E-state index is 8.72. The third kappa shape index (κ3) is 21.2. The first-order chi connectivity index (χ1) is 65.9. The first-order valence-corrected chi connectivity index (χ1v) is 49.6. The molecule has 0 aliphatic heterocycles. The average molecular weight is 1780 g/mol. The quantitative estimate of drug-likeness (QED) is 0.0967. The molecule has 1 aliphatic carbocycles. The molecule has 0 radical (unpaired) electrons. The van der Waals surface area contributed by atoms with E-state index in [4.69, 9.17) is 8.22 Å². The first kappa shape index (κ1) is 91.6. The largest absolute Gasteiger partial charge is 0.220 e. The van der Waals surface area contributed by atoms with Crippen LogP contribution in [0.3, 0.4) is 0 Å². The zero-order valence-electron chi connectivity index (χ0n) is 94.1. The smallest absolute Gasteiger partial charge is 0.200 e. The highest BCUT2D eigenvalue weighted by atomic mass is 15.0. The van der Waals surface area contributed by atoms with Crippen molar-refractivity contribution in [1.82, 2.24) is 0 Å². The number of rotatable bonds is 14. The van der Waals surface area contributed by atoms with Crippen molar-refractivity contribution in [1.29, 1.82) is 0 Å². The SMILES string of the molecule is [2H]c1c(C)[n+](C)c(-c2cc(-c3ccccc3)ccc2C)c2cc(C(C)C)ccc12.[2H]c1c(C)[n+](C)c(-c2cc(C(C)(C)C)cc(C)c2C)c2cc(C(C)C)ccc12.[2H]c1c(C)[n+](C)c(-c2cc(C)cc(C)c2C)c2cc(C(C)C)ccc12.[2H]c1c(C)[n+](C)c(-c2cc(C3CCCC3)cc(C)c2C)c2cc(C(C)C)ccc12.[2H]c1c([2H])[n+](C)c(-c2cc(C(C)C)cc(C(C)C)c2C)c2cc(C(C)C)ccc12. The molecule has 0 bridgehead atoms. The van der Waals surface area contributed by atoms with Gasteiger partial charge in [-0.3, -0.25) is 0 Å². The van der Waals surface area contributed by atoms with Gasteiger partial charge >= 0.3 is 0 Å². The molecule has 1 saturated carbocycles. The van der Waals surface area contributed by atoms with Gasteiger partial charge in [0.2, 0.25) is 28.5 Å². The van der Waals surface area contributed by atoms with Gasteiger partial charge in [0.05, 0.1) is 61.6 Å². The van der Waals surface area contributed by atoms with Crippen molar-refractivity contribution in [2.45, 2.75) is 286 Å². The summed E-state index contributed by atoms with van der Waals surface area (Å²) >= 11 is 0. The van der Waals surface area contributed by atoms with Gasteiger partial charge in [-0.25, -0.2) is 4.57 Å². The maximum atomic E-state index is 8.72. The predicted molar refractivity (Wildman–Crippen MR) is 578 cm³/mol. The molecule has 0 N–H and O–H groups in total. The number of fused-ring (bicyclic) bond motifs is 5. The van der Waals surface area contributed by atoms with Gasteiger partial charge in [0.25, 0.3) is 0 Å². The molecule has 5 heteroatoms. The molecule has 0 amide bonds. The van der Waals surface area contributed by atoms with Gasteiger partial charge in [0.15, 0.2) is 28.9 Å². The zero-order chi connectivity index (χ0) is 103. The second kappa shape index (κ2) is 41.4. The summed E-state index contributed by atoms with van der Waals surface area (Å²) in [6.07, 6.45) is 5.60. The van der Waals surface area contributed by atoms with Gasteiger partial charge in [-0.1, -0.05) is 264 Å². The standard InChI is InChI=1S/C27H34N.C27H28N.2C26H34N.C23H28N/c1-17(2)22-11-12-23-14-19(4)28(6)27(26(23)15-22)25-16-24(13-18(3)20(25)5)21-9-7-8-10-21;1-18(2)22-13-14-24-15-20(4)28(5)27(26(24)16-22)25-17-23(12-11-19(25)3)21-9-7-6-8-10-21;1-16(2)20-10-11-21-13-18(4)27(9)25(24(21)14-20)23-15-22(26(6,7)8)12-17(3)19(23)5;1-16(2)21-10-9-20-11-12-27(8)26(25(20)13-21)24-15-22(17(3)4)14-23(18(5)6)19(24)7;1-14(2)19-8-9-20-12-17(5)24(7)23(22(20)13-19)21-11-15(3)10-16(4)18(21)6/h11-17,21H,7-10H2,1-6H3;6-18H,1-5H3;10-16H,1-9H3;9-18H,1-8H3;8-14H,1-7H3/q5*+1/i14D;15D;13D;11D,12D;12D. The van der Waals surface area contributed by atoms with Gasteiger partial charge < -0.3 is 0 Å². The lowest BCUT2D eigenvalue weighted by atomic mass is 9.82. The van der Waals surface area contributed by atoms with Crippen molar-refractivity contribution in [3.05, 3.63) is 347 Å². The molecule has 0 saturated heterocycles. The molecule has 1 fully saturated rings. The van der Waals surface area contributed by atoms with E-state index in [9.17, 15) is 0 Å². The van der Waals surface area contributed by atoms with Gasteiger partial charge in [-0.2, -0.15) is 18.3 Å². The Kier molecular flexibility index (Phi) is 28.3. The van der Waals surface area contributed by atoms with Crippen molar-refractivity contribution in [2.75, 3.05) is 0 Å². The topological polar surface area (TPSA) is 19.4 Å². The van der Waals surface area contributed by atoms with E-state index in [0.717, 1.165) is 66.2 Å². The Morgan fingerprint density at radius 3 is 1.05 bits per heavy atom. The minimum Gasteiger partial charge on any atom is -0.200 e. The third-order valence-electron chi connectivity index (χ3n) is 29.4. The summed E-state index contributed by atoms with van der Waals surface area (Å²) in [6, 6.07) is 71.5. The fourth-order valence-corrected chi connectivity index (χ4v) is 19.7. The van der Waals surface area contributed by atoms with Crippen LogP contribution in [0, 0.1) is 90.0 Å².